The second-order valence-corrected chi connectivity index (χ2v) is 6.72. The van der Waals surface area contributed by atoms with Crippen LogP contribution in [-0.4, -0.2) is 66.9 Å². The largest absolute Gasteiger partial charge is 0.351 e. The highest BCUT2D eigenvalue weighted by atomic mass is 35.5. The number of nitro groups is 1. The maximum absolute atomic E-state index is 12.8. The first-order valence-electron chi connectivity index (χ1n) is 8.44. The molecule has 3 heterocycles. The van der Waals surface area contributed by atoms with Crippen molar-refractivity contribution in [2.75, 3.05) is 31.1 Å². The van der Waals surface area contributed by atoms with E-state index in [2.05, 4.69) is 20.3 Å². The second kappa shape index (κ2) is 7.00. The number of fused-ring (bicyclic) bond motifs is 1. The molecule has 28 heavy (non-hydrogen) atoms. The van der Waals surface area contributed by atoms with Crippen LogP contribution in [0.1, 0.15) is 10.4 Å². The third-order valence-corrected chi connectivity index (χ3v) is 4.86. The predicted octanol–water partition coefficient (Wildman–Crippen LogP) is 1.28. The first kappa shape index (κ1) is 18.0. The molecule has 0 N–H and O–H groups in total. The van der Waals surface area contributed by atoms with Crippen LogP contribution in [0.5, 0.6) is 0 Å². The molecule has 1 saturated heterocycles. The molecule has 0 unspecified atom stereocenters. The van der Waals surface area contributed by atoms with Gasteiger partial charge in [0, 0.05) is 44.3 Å². The molecule has 1 fully saturated rings. The van der Waals surface area contributed by atoms with Gasteiger partial charge in [-0.3, -0.25) is 14.9 Å². The Bertz CT molecular complexity index is 1080. The molecule has 0 aliphatic carbocycles. The van der Waals surface area contributed by atoms with Crippen molar-refractivity contribution in [1.82, 2.24) is 29.9 Å². The molecule has 1 aromatic carbocycles. The highest BCUT2D eigenvalue weighted by Gasteiger charge is 2.29. The Hall–Kier alpha value is -3.34. The molecular formula is C16H15ClN8O3. The third kappa shape index (κ3) is 3.09. The van der Waals surface area contributed by atoms with Crippen LogP contribution in [0.2, 0.25) is 5.02 Å². The Balaban J connectivity index is 1.54. The molecule has 0 bridgehead atoms. The van der Waals surface area contributed by atoms with Gasteiger partial charge in [-0.25, -0.2) is 14.6 Å². The number of aryl methyl sites for hydroxylation is 1. The lowest BCUT2D eigenvalue weighted by molar-refractivity contribution is -0.385. The van der Waals surface area contributed by atoms with Gasteiger partial charge in [0.2, 0.25) is 0 Å². The molecule has 4 rings (SSSR count). The lowest BCUT2D eigenvalue weighted by Crippen LogP contribution is -2.49. The SMILES string of the molecule is Cn1nnc2c(N3CCN(C(=O)c4cc(Cl)ccc4[N+](=O)[O-])CC3)ncnc21. The molecular weight excluding hydrogens is 388 g/mol. The van der Waals surface area contributed by atoms with Crippen molar-refractivity contribution in [2.45, 2.75) is 0 Å². The molecule has 144 valence electrons. The third-order valence-electron chi connectivity index (χ3n) is 4.62. The van der Waals surface area contributed by atoms with Crippen molar-refractivity contribution < 1.29 is 9.72 Å². The van der Waals surface area contributed by atoms with Gasteiger partial charge in [-0.1, -0.05) is 16.8 Å². The van der Waals surface area contributed by atoms with E-state index in [1.165, 1.54) is 24.5 Å². The number of carbonyl (C=O) groups is 1. The monoisotopic (exact) mass is 402 g/mol. The summed E-state index contributed by atoms with van der Waals surface area (Å²) in [5.74, 6) is 0.236. The number of anilines is 1. The molecule has 1 aliphatic rings. The van der Waals surface area contributed by atoms with E-state index in [1.54, 1.807) is 16.6 Å². The Labute approximate surface area is 163 Å². The topological polar surface area (TPSA) is 123 Å². The van der Waals surface area contributed by atoms with Crippen LogP contribution in [0, 0.1) is 10.1 Å². The highest BCUT2D eigenvalue weighted by Crippen LogP contribution is 2.26. The number of rotatable bonds is 3. The minimum Gasteiger partial charge on any atom is -0.351 e. The molecule has 0 saturated carbocycles. The lowest BCUT2D eigenvalue weighted by atomic mass is 10.1. The fraction of sp³-hybridized carbons (Fsp3) is 0.312. The molecule has 11 nitrogen and oxygen atoms in total. The number of nitro benzene ring substituents is 1. The van der Waals surface area contributed by atoms with Crippen molar-refractivity contribution in [3.05, 3.63) is 45.2 Å². The lowest BCUT2D eigenvalue weighted by Gasteiger charge is -2.35. The van der Waals surface area contributed by atoms with E-state index in [-0.39, 0.29) is 16.3 Å². The van der Waals surface area contributed by atoms with E-state index in [4.69, 9.17) is 11.6 Å². The fourth-order valence-electron chi connectivity index (χ4n) is 3.20. The number of amides is 1. The summed E-state index contributed by atoms with van der Waals surface area (Å²) in [7, 11) is 1.75. The summed E-state index contributed by atoms with van der Waals surface area (Å²) in [5, 5.41) is 19.6. The predicted molar refractivity (Wildman–Crippen MR) is 100 cm³/mol. The molecule has 0 atom stereocenters. The number of halogens is 1. The number of piperazine rings is 1. The number of aromatic nitrogens is 5. The van der Waals surface area contributed by atoms with E-state index in [0.717, 1.165) is 0 Å². The van der Waals surface area contributed by atoms with Gasteiger partial charge in [0.1, 0.15) is 11.9 Å². The zero-order valence-electron chi connectivity index (χ0n) is 14.8. The molecule has 12 heteroatoms. The normalized spacial score (nSPS) is 14.5. The van der Waals surface area contributed by atoms with Crippen molar-refractivity contribution >= 4 is 40.2 Å². The number of hydrogen-bond donors (Lipinski definition) is 0. The summed E-state index contributed by atoms with van der Waals surface area (Å²) in [4.78, 5) is 35.5. The summed E-state index contributed by atoms with van der Waals surface area (Å²) in [5.41, 5.74) is 0.950. The zero-order chi connectivity index (χ0) is 19.8. The number of nitrogens with zero attached hydrogens (tertiary/aromatic N) is 8. The minimum absolute atomic E-state index is 0.00991. The molecule has 1 amide bonds. The first-order chi connectivity index (χ1) is 13.5. The Morgan fingerprint density at radius 1 is 1.21 bits per heavy atom. The van der Waals surface area contributed by atoms with Gasteiger partial charge in [-0.05, 0) is 12.1 Å². The molecule has 0 radical (unpaired) electrons. The summed E-state index contributed by atoms with van der Waals surface area (Å²) in [6.45, 7) is 1.77. The summed E-state index contributed by atoms with van der Waals surface area (Å²) >= 11 is 5.93. The van der Waals surface area contributed by atoms with E-state index < -0.39 is 10.8 Å². The van der Waals surface area contributed by atoms with Crippen molar-refractivity contribution in [2.24, 2.45) is 7.05 Å². The van der Waals surface area contributed by atoms with Gasteiger partial charge in [0.15, 0.2) is 17.0 Å². The van der Waals surface area contributed by atoms with Gasteiger partial charge in [0.25, 0.3) is 11.6 Å². The molecule has 2 aromatic heterocycles. The molecule has 1 aliphatic heterocycles. The first-order valence-corrected chi connectivity index (χ1v) is 8.82. The highest BCUT2D eigenvalue weighted by molar-refractivity contribution is 6.31. The van der Waals surface area contributed by atoms with Crippen LogP contribution < -0.4 is 4.90 Å². The Morgan fingerprint density at radius 3 is 2.68 bits per heavy atom. The van der Waals surface area contributed by atoms with E-state index in [9.17, 15) is 14.9 Å². The van der Waals surface area contributed by atoms with Gasteiger partial charge < -0.3 is 9.80 Å². The van der Waals surface area contributed by atoms with Crippen molar-refractivity contribution in [1.29, 1.82) is 0 Å². The van der Waals surface area contributed by atoms with Crippen molar-refractivity contribution in [3.63, 3.8) is 0 Å². The number of hydrogen-bond acceptors (Lipinski definition) is 8. The number of benzene rings is 1. The van der Waals surface area contributed by atoms with Crippen LogP contribution in [-0.2, 0) is 7.05 Å². The average molecular weight is 403 g/mol. The van der Waals surface area contributed by atoms with Crippen molar-refractivity contribution in [3.8, 4) is 0 Å². The van der Waals surface area contributed by atoms with Gasteiger partial charge in [0.05, 0.1) is 4.92 Å². The van der Waals surface area contributed by atoms with E-state index in [0.29, 0.717) is 43.2 Å². The van der Waals surface area contributed by atoms with Gasteiger partial charge in [-0.2, -0.15) is 0 Å². The number of carbonyl (C=O) groups excluding carboxylic acids is 1. The van der Waals surface area contributed by atoms with Crippen LogP contribution >= 0.6 is 11.6 Å². The van der Waals surface area contributed by atoms with Crippen LogP contribution in [0.25, 0.3) is 11.2 Å². The quantitative estimate of drug-likeness (QED) is 0.474. The molecule has 0 spiro atoms. The van der Waals surface area contributed by atoms with E-state index >= 15 is 0 Å². The summed E-state index contributed by atoms with van der Waals surface area (Å²) in [6.07, 6.45) is 1.45. The van der Waals surface area contributed by atoms with E-state index in [1.807, 2.05) is 4.90 Å². The second-order valence-electron chi connectivity index (χ2n) is 6.28. The summed E-state index contributed by atoms with van der Waals surface area (Å²) < 4.78 is 1.57. The summed E-state index contributed by atoms with van der Waals surface area (Å²) in [6, 6.07) is 3.98. The maximum Gasteiger partial charge on any atom is 0.282 e. The van der Waals surface area contributed by atoms with Crippen LogP contribution in [0.3, 0.4) is 0 Å². The van der Waals surface area contributed by atoms with Crippen LogP contribution in [0.15, 0.2) is 24.5 Å². The van der Waals surface area contributed by atoms with Gasteiger partial charge in [-0.15, -0.1) is 5.10 Å². The maximum atomic E-state index is 12.8. The minimum atomic E-state index is -0.578. The van der Waals surface area contributed by atoms with Crippen LogP contribution in [0.4, 0.5) is 11.5 Å². The zero-order valence-corrected chi connectivity index (χ0v) is 15.6. The standard InChI is InChI=1S/C16H15ClN8O3/c1-22-14-13(20-21-22)15(19-9-18-14)23-4-6-24(7-5-23)16(26)11-8-10(17)2-3-12(11)25(27)28/h2-3,8-9H,4-7H2,1H3. The Kier molecular flexibility index (Phi) is 4.51. The Morgan fingerprint density at radius 2 is 1.96 bits per heavy atom. The smallest absolute Gasteiger partial charge is 0.282 e. The average Bonchev–Trinajstić information content (AvgIpc) is 3.08. The fourth-order valence-corrected chi connectivity index (χ4v) is 3.37. The molecule has 3 aromatic rings. The van der Waals surface area contributed by atoms with Gasteiger partial charge >= 0.3 is 0 Å².